The van der Waals surface area contributed by atoms with Gasteiger partial charge in [0.1, 0.15) is 11.6 Å². The van der Waals surface area contributed by atoms with E-state index >= 15 is 0 Å². The first-order chi connectivity index (χ1) is 34.8. The maximum Gasteiger partial charge on any atom is 0.175 e. The van der Waals surface area contributed by atoms with Gasteiger partial charge in [-0.3, -0.25) is 9.13 Å². The molecule has 0 saturated carbocycles. The smallest absolute Gasteiger partial charge is 0.175 e. The molecule has 4 nitrogen and oxygen atoms in total. The molecular weight excluding hydrogens is 865 g/mol. The Kier molecular flexibility index (Phi) is 9.32. The highest BCUT2D eigenvalue weighted by Gasteiger charge is 2.43. The van der Waals surface area contributed by atoms with Crippen molar-refractivity contribution in [1.29, 1.82) is 0 Å². The van der Waals surface area contributed by atoms with Gasteiger partial charge in [-0.2, -0.15) is 0 Å². The first kappa shape index (κ1) is 40.3. The summed E-state index contributed by atoms with van der Waals surface area (Å²) in [7, 11) is -2.88. The minimum atomic E-state index is -2.88. The molecule has 0 radical (unpaired) electrons. The van der Waals surface area contributed by atoms with Crippen LogP contribution in [-0.4, -0.2) is 26.8 Å². The average molecular weight is 911 g/mol. The third-order valence-electron chi connectivity index (χ3n) is 14.9. The maximum atomic E-state index is 5.75. The number of pyridine rings is 1. The van der Waals surface area contributed by atoms with Gasteiger partial charge in [0.15, 0.2) is 8.07 Å². The van der Waals surface area contributed by atoms with E-state index in [0.29, 0.717) is 0 Å². The largest absolute Gasteiger partial charge is 0.309 e. The lowest BCUT2D eigenvalue weighted by Crippen LogP contribution is -2.68. The van der Waals surface area contributed by atoms with Crippen molar-refractivity contribution in [3.63, 3.8) is 0 Å². The van der Waals surface area contributed by atoms with E-state index in [0.717, 1.165) is 63.4 Å². The molecule has 1 aliphatic rings. The molecule has 1 aliphatic carbocycles. The summed E-state index contributed by atoms with van der Waals surface area (Å²) in [6, 6.07) is 87.7. The highest BCUT2D eigenvalue weighted by molar-refractivity contribution is 7.16. The predicted molar refractivity (Wildman–Crippen MR) is 297 cm³/mol. The van der Waals surface area contributed by atoms with E-state index in [2.05, 4.69) is 269 Å². The Morgan fingerprint density at radius 2 is 0.743 bits per heavy atom. The molecule has 0 amide bonds. The van der Waals surface area contributed by atoms with Gasteiger partial charge in [-0.15, -0.1) is 0 Å². The summed E-state index contributed by atoms with van der Waals surface area (Å²) in [5.74, 6) is 1.72. The zero-order valence-corrected chi connectivity index (χ0v) is 39.5. The lowest BCUT2D eigenvalue weighted by molar-refractivity contribution is 1.01. The van der Waals surface area contributed by atoms with Crippen LogP contribution >= 0.6 is 0 Å². The van der Waals surface area contributed by atoms with Crippen molar-refractivity contribution in [2.75, 3.05) is 0 Å². The second-order valence-electron chi connectivity index (χ2n) is 18.6. The fourth-order valence-corrected chi connectivity index (χ4v) is 17.0. The first-order valence-electron chi connectivity index (χ1n) is 24.4. The number of nitrogens with zero attached hydrogens (tertiary/aromatic N) is 4. The molecule has 5 heteroatoms. The van der Waals surface area contributed by atoms with Crippen molar-refractivity contribution in [3.05, 3.63) is 260 Å². The van der Waals surface area contributed by atoms with Crippen LogP contribution in [0.2, 0.25) is 0 Å². The van der Waals surface area contributed by atoms with Crippen LogP contribution in [-0.2, 0) is 0 Å². The highest BCUT2D eigenvalue weighted by atomic mass is 28.3. The van der Waals surface area contributed by atoms with Crippen molar-refractivity contribution < 1.29 is 0 Å². The fraction of sp³-hybridized carbons (Fsp3) is 0.0308. The molecule has 4 aromatic heterocycles. The number of rotatable bonds is 8. The van der Waals surface area contributed by atoms with Gasteiger partial charge >= 0.3 is 0 Å². The number of para-hydroxylation sites is 6. The van der Waals surface area contributed by atoms with E-state index in [1.54, 1.807) is 0 Å². The van der Waals surface area contributed by atoms with Crippen molar-refractivity contribution >= 4 is 89.1 Å². The Bertz CT molecular complexity index is 3910. The monoisotopic (exact) mass is 910 g/mol. The third kappa shape index (κ3) is 6.05. The van der Waals surface area contributed by atoms with E-state index in [4.69, 9.17) is 4.98 Å². The van der Waals surface area contributed by atoms with Crippen LogP contribution in [0, 0.1) is 0 Å². The van der Waals surface area contributed by atoms with Gasteiger partial charge in [0.2, 0.25) is 0 Å². The zero-order valence-electron chi connectivity index (χ0n) is 38.5. The summed E-state index contributed by atoms with van der Waals surface area (Å²) in [6.07, 6.45) is 9.07. The SMILES string of the molecule is C1=CCCC([Si](c2ccccc2)(c2ccccc2)c2ccc(-c3cc(-n4c5ccccc5c5ccccc54)nc(-n4c5ccccc5c5ccccc54)c3)c(-n3c4ccccc4c4ccccc43)c2)=C1. The quantitative estimate of drug-likeness (QED) is 0.110. The van der Waals surface area contributed by atoms with E-state index in [-0.39, 0.29) is 0 Å². The molecule has 0 spiro atoms. The summed E-state index contributed by atoms with van der Waals surface area (Å²) in [4.78, 5) is 5.75. The van der Waals surface area contributed by atoms with Crippen LogP contribution in [0.15, 0.2) is 260 Å². The highest BCUT2D eigenvalue weighted by Crippen LogP contribution is 2.40. The normalized spacial score (nSPS) is 13.1. The number of allylic oxidation sites excluding steroid dienone is 4. The Morgan fingerprint density at radius 3 is 1.14 bits per heavy atom. The topological polar surface area (TPSA) is 27.7 Å². The van der Waals surface area contributed by atoms with E-state index < -0.39 is 8.07 Å². The van der Waals surface area contributed by atoms with Crippen LogP contribution in [0.5, 0.6) is 0 Å². The first-order valence-corrected chi connectivity index (χ1v) is 26.4. The third-order valence-corrected chi connectivity index (χ3v) is 19.8. The lowest BCUT2D eigenvalue weighted by Gasteiger charge is -2.37. The standard InChI is InChI=1S/C65H46N4Si/c1-4-22-46(23-5-1)70(47-24-6-2-7-25-47,48-26-8-3-9-27-48)49-40-41-50(63(44-49)67-57-34-16-10-28-51(57)52-29-11-17-35-58(52)67)45-42-64(68-59-36-18-12-30-53(59)54-31-13-19-37-60(54)68)66-65(43-45)69-61-38-20-14-32-55(61)56-33-15-21-39-62(56)69/h1-8,10-26,28-44H,9,27H2. The molecule has 330 valence electrons. The molecule has 0 saturated heterocycles. The van der Waals surface area contributed by atoms with Gasteiger partial charge in [0, 0.05) is 37.9 Å². The molecule has 0 atom stereocenters. The molecule has 13 aromatic rings. The van der Waals surface area contributed by atoms with Crippen LogP contribution < -0.4 is 15.6 Å². The number of hydrogen-bond donors (Lipinski definition) is 0. The predicted octanol–water partition coefficient (Wildman–Crippen LogP) is 14.3. The van der Waals surface area contributed by atoms with Crippen LogP contribution in [0.3, 0.4) is 0 Å². The molecule has 0 aliphatic heterocycles. The van der Waals surface area contributed by atoms with Gasteiger partial charge in [0.25, 0.3) is 0 Å². The lowest BCUT2D eigenvalue weighted by atomic mass is 10.0. The van der Waals surface area contributed by atoms with Gasteiger partial charge in [-0.05, 0) is 88.6 Å². The number of aromatic nitrogens is 4. The fourth-order valence-electron chi connectivity index (χ4n) is 11.9. The molecule has 0 fully saturated rings. The molecule has 0 unspecified atom stereocenters. The molecule has 14 rings (SSSR count). The number of fused-ring (bicyclic) bond motifs is 9. The summed E-state index contributed by atoms with van der Waals surface area (Å²) < 4.78 is 7.27. The van der Waals surface area contributed by atoms with Crippen molar-refractivity contribution in [1.82, 2.24) is 18.7 Å². The molecule has 70 heavy (non-hydrogen) atoms. The van der Waals surface area contributed by atoms with E-state index in [1.165, 1.54) is 64.1 Å². The average Bonchev–Trinajstić information content (AvgIpc) is 4.08. The van der Waals surface area contributed by atoms with E-state index in [9.17, 15) is 0 Å². The van der Waals surface area contributed by atoms with Crippen LogP contribution in [0.25, 0.3) is 93.9 Å². The van der Waals surface area contributed by atoms with E-state index in [1.807, 2.05) is 0 Å². The number of hydrogen-bond acceptors (Lipinski definition) is 1. The number of benzene rings is 9. The minimum Gasteiger partial charge on any atom is -0.309 e. The molecule has 9 aromatic carbocycles. The Balaban J connectivity index is 1.14. The second-order valence-corrected chi connectivity index (χ2v) is 22.4. The molecule has 0 N–H and O–H groups in total. The van der Waals surface area contributed by atoms with Crippen molar-refractivity contribution in [3.8, 4) is 28.5 Å². The molecule has 0 bridgehead atoms. The maximum absolute atomic E-state index is 5.75. The minimum absolute atomic E-state index is 0.862. The summed E-state index contributed by atoms with van der Waals surface area (Å²) in [6.45, 7) is 0. The summed E-state index contributed by atoms with van der Waals surface area (Å²) in [5.41, 5.74) is 10.2. The summed E-state index contributed by atoms with van der Waals surface area (Å²) in [5, 5.41) is 12.9. The summed E-state index contributed by atoms with van der Waals surface area (Å²) >= 11 is 0. The zero-order chi connectivity index (χ0) is 46.2. The molecular formula is C65H46N4Si. The second kappa shape index (κ2) is 16.2. The van der Waals surface area contributed by atoms with Crippen molar-refractivity contribution in [2.45, 2.75) is 12.8 Å². The Morgan fingerprint density at radius 1 is 0.357 bits per heavy atom. The van der Waals surface area contributed by atoms with Gasteiger partial charge < -0.3 is 4.57 Å². The molecule has 4 heterocycles. The Hall–Kier alpha value is -8.77. The van der Waals surface area contributed by atoms with Crippen molar-refractivity contribution in [2.24, 2.45) is 0 Å². The van der Waals surface area contributed by atoms with Gasteiger partial charge in [0.05, 0.1) is 38.8 Å². The van der Waals surface area contributed by atoms with Gasteiger partial charge in [-0.1, -0.05) is 205 Å². The van der Waals surface area contributed by atoms with Crippen LogP contribution in [0.4, 0.5) is 0 Å². The van der Waals surface area contributed by atoms with Gasteiger partial charge in [-0.25, -0.2) is 4.98 Å². The van der Waals surface area contributed by atoms with Crippen LogP contribution in [0.1, 0.15) is 12.8 Å². The Labute approximate surface area is 407 Å².